The molecule has 0 heterocycles. The molecular weight excluding hydrogens is 444 g/mol. The lowest BCUT2D eigenvalue weighted by Gasteiger charge is -2.21. The van der Waals surface area contributed by atoms with Gasteiger partial charge < -0.3 is 10.6 Å². The quantitative estimate of drug-likeness (QED) is 0.408. The van der Waals surface area contributed by atoms with Gasteiger partial charge in [-0.3, -0.25) is 4.79 Å². The van der Waals surface area contributed by atoms with Gasteiger partial charge in [-0.1, -0.05) is 48.7 Å². The Balaban J connectivity index is 1.68. The van der Waals surface area contributed by atoms with Crippen molar-refractivity contribution in [2.75, 3.05) is 9.62 Å². The summed E-state index contributed by atoms with van der Waals surface area (Å²) in [6.07, 6.45) is 0. The second-order valence-electron chi connectivity index (χ2n) is 6.63. The highest BCUT2D eigenvalue weighted by Gasteiger charge is 2.19. The van der Waals surface area contributed by atoms with Crippen molar-refractivity contribution < 1.29 is 18.4 Å². The maximum absolute atomic E-state index is 13.8. The minimum atomic E-state index is -0.642. The van der Waals surface area contributed by atoms with E-state index in [9.17, 15) is 18.4 Å². The summed E-state index contributed by atoms with van der Waals surface area (Å²) < 4.78 is 27.8. The molecule has 3 aromatic rings. The molecule has 0 aliphatic rings. The summed E-state index contributed by atoms with van der Waals surface area (Å²) >= 11 is 10.5. The van der Waals surface area contributed by atoms with E-state index < -0.39 is 23.8 Å². The van der Waals surface area contributed by atoms with Gasteiger partial charge >= 0.3 is 6.03 Å². The minimum Gasteiger partial charge on any atom is -0.330 e. The van der Waals surface area contributed by atoms with Crippen LogP contribution in [-0.4, -0.2) is 11.9 Å². The number of halogens is 3. The molecule has 5 nitrogen and oxygen atoms in total. The summed E-state index contributed by atoms with van der Waals surface area (Å²) in [4.78, 5) is 24.8. The van der Waals surface area contributed by atoms with Crippen LogP contribution in [-0.2, 0) is 0 Å². The molecule has 0 fully saturated rings. The van der Waals surface area contributed by atoms with Gasteiger partial charge in [-0.05, 0) is 55.0 Å². The Bertz CT molecular complexity index is 1110. The maximum Gasteiger partial charge on any atom is 0.332 e. The van der Waals surface area contributed by atoms with Crippen molar-refractivity contribution in [3.8, 4) is 0 Å². The zero-order valence-corrected chi connectivity index (χ0v) is 17.9. The fourth-order valence-corrected chi connectivity index (χ4v) is 3.35. The summed E-state index contributed by atoms with van der Waals surface area (Å²) in [6.45, 7) is 1.75. The molecule has 0 aliphatic heterocycles. The Morgan fingerprint density at radius 2 is 1.71 bits per heavy atom. The van der Waals surface area contributed by atoms with Crippen LogP contribution in [0.5, 0.6) is 0 Å². The van der Waals surface area contributed by atoms with E-state index in [1.54, 1.807) is 25.1 Å². The number of nitrogens with zero attached hydrogens (tertiary/aromatic N) is 1. The third kappa shape index (κ3) is 5.53. The smallest absolute Gasteiger partial charge is 0.330 e. The molecular formula is C22H18ClF2N3O2S. The second-order valence-corrected chi connectivity index (χ2v) is 7.44. The average Bonchev–Trinajstić information content (AvgIpc) is 2.74. The molecule has 0 saturated heterocycles. The number of carbonyl (C=O) groups is 2. The average molecular weight is 462 g/mol. The Morgan fingerprint density at radius 1 is 1.03 bits per heavy atom. The number of thiol groups is 1. The molecule has 0 aromatic heterocycles. The first-order chi connectivity index (χ1) is 14.8. The number of rotatable bonds is 5. The first kappa shape index (κ1) is 22.6. The Labute approximate surface area is 188 Å². The van der Waals surface area contributed by atoms with E-state index in [4.69, 9.17) is 11.6 Å². The first-order valence-electron chi connectivity index (χ1n) is 9.16. The molecule has 1 atom stereocenters. The van der Waals surface area contributed by atoms with Crippen molar-refractivity contribution in [3.05, 3.63) is 94.5 Å². The number of amides is 3. The molecule has 0 saturated carbocycles. The third-order valence-electron chi connectivity index (χ3n) is 4.45. The zero-order chi connectivity index (χ0) is 22.5. The molecule has 3 amide bonds. The Hall–Kier alpha value is -3.10. The van der Waals surface area contributed by atoms with Crippen LogP contribution in [0.4, 0.5) is 25.0 Å². The van der Waals surface area contributed by atoms with Crippen molar-refractivity contribution in [1.29, 1.82) is 0 Å². The highest BCUT2D eigenvalue weighted by molar-refractivity contribution is 7.82. The molecule has 9 heteroatoms. The molecule has 0 bridgehead atoms. The van der Waals surface area contributed by atoms with E-state index >= 15 is 0 Å². The Kier molecular flexibility index (Phi) is 7.14. The lowest BCUT2D eigenvalue weighted by atomic mass is 10.1. The largest absolute Gasteiger partial charge is 0.332 e. The van der Waals surface area contributed by atoms with Gasteiger partial charge in [0.15, 0.2) is 0 Å². The lowest BCUT2D eigenvalue weighted by Crippen LogP contribution is -2.35. The van der Waals surface area contributed by atoms with Crippen LogP contribution in [0.25, 0.3) is 0 Å². The molecule has 31 heavy (non-hydrogen) atoms. The monoisotopic (exact) mass is 461 g/mol. The van der Waals surface area contributed by atoms with Gasteiger partial charge in [-0.25, -0.2) is 17.9 Å². The molecule has 3 rings (SSSR count). The standard InChI is InChI=1S/C22H18ClF2N3O2S/c1-13(14-6-8-15(24)9-7-14)26-22(30)28(31)20-11-10-16(12-18(20)23)27-21(29)17-4-2-3-5-19(17)25/h2-13,31H,1H3,(H,26,30)(H,27,29). The van der Waals surface area contributed by atoms with Crippen LogP contribution >= 0.6 is 24.4 Å². The summed E-state index contributed by atoms with van der Waals surface area (Å²) in [7, 11) is 0. The van der Waals surface area contributed by atoms with E-state index in [1.165, 1.54) is 48.5 Å². The molecule has 160 valence electrons. The number of carbonyl (C=O) groups excluding carboxylic acids is 2. The zero-order valence-electron chi connectivity index (χ0n) is 16.3. The highest BCUT2D eigenvalue weighted by Crippen LogP contribution is 2.30. The van der Waals surface area contributed by atoms with E-state index in [-0.39, 0.29) is 22.1 Å². The predicted octanol–water partition coefficient (Wildman–Crippen LogP) is 5.99. The number of anilines is 2. The summed E-state index contributed by atoms with van der Waals surface area (Å²) in [5, 5.41) is 5.43. The number of urea groups is 1. The fraction of sp³-hybridized carbons (Fsp3) is 0.0909. The fourth-order valence-electron chi connectivity index (χ4n) is 2.79. The van der Waals surface area contributed by atoms with Crippen molar-refractivity contribution >= 4 is 47.7 Å². The van der Waals surface area contributed by atoms with Crippen molar-refractivity contribution in [3.63, 3.8) is 0 Å². The SMILES string of the molecule is CC(NC(=O)N(S)c1ccc(NC(=O)c2ccccc2F)cc1Cl)c1ccc(F)cc1. The second kappa shape index (κ2) is 9.80. The van der Waals surface area contributed by atoms with Crippen LogP contribution in [0, 0.1) is 11.6 Å². The topological polar surface area (TPSA) is 61.4 Å². The third-order valence-corrected chi connectivity index (χ3v) is 5.15. The molecule has 3 aromatic carbocycles. The van der Waals surface area contributed by atoms with Crippen molar-refractivity contribution in [2.45, 2.75) is 13.0 Å². The minimum absolute atomic E-state index is 0.104. The summed E-state index contributed by atoms with van der Waals surface area (Å²) in [5.74, 6) is -1.64. The predicted molar refractivity (Wildman–Crippen MR) is 121 cm³/mol. The van der Waals surface area contributed by atoms with Gasteiger partial charge in [0, 0.05) is 5.69 Å². The van der Waals surface area contributed by atoms with Gasteiger partial charge in [0.1, 0.15) is 11.6 Å². The molecule has 0 radical (unpaired) electrons. The Morgan fingerprint density at radius 3 is 2.35 bits per heavy atom. The first-order valence-corrected chi connectivity index (χ1v) is 9.94. The molecule has 1 unspecified atom stereocenters. The molecule has 0 spiro atoms. The van der Waals surface area contributed by atoms with E-state index in [1.807, 2.05) is 0 Å². The van der Waals surface area contributed by atoms with Crippen LogP contribution in [0.3, 0.4) is 0 Å². The van der Waals surface area contributed by atoms with E-state index in [2.05, 4.69) is 23.4 Å². The number of hydrogen-bond acceptors (Lipinski definition) is 3. The van der Waals surface area contributed by atoms with Crippen LogP contribution in [0.2, 0.25) is 5.02 Å². The summed E-state index contributed by atoms with van der Waals surface area (Å²) in [6, 6.07) is 14.8. The lowest BCUT2D eigenvalue weighted by molar-refractivity contribution is 0.102. The van der Waals surface area contributed by atoms with Crippen LogP contribution in [0.15, 0.2) is 66.7 Å². The normalized spacial score (nSPS) is 11.5. The molecule has 2 N–H and O–H groups in total. The van der Waals surface area contributed by atoms with E-state index in [0.29, 0.717) is 11.3 Å². The maximum atomic E-state index is 13.8. The van der Waals surface area contributed by atoms with Gasteiger partial charge in [0.2, 0.25) is 0 Å². The van der Waals surface area contributed by atoms with Crippen LogP contribution < -0.4 is 14.9 Å². The van der Waals surface area contributed by atoms with Crippen molar-refractivity contribution in [2.24, 2.45) is 0 Å². The summed E-state index contributed by atoms with van der Waals surface area (Å²) in [5.41, 5.74) is 1.21. The number of hydrogen-bond donors (Lipinski definition) is 3. The van der Waals surface area contributed by atoms with Gasteiger partial charge in [-0.15, -0.1) is 0 Å². The van der Waals surface area contributed by atoms with Crippen LogP contribution in [0.1, 0.15) is 28.9 Å². The highest BCUT2D eigenvalue weighted by atomic mass is 35.5. The van der Waals surface area contributed by atoms with Crippen molar-refractivity contribution in [1.82, 2.24) is 5.32 Å². The number of benzene rings is 3. The van der Waals surface area contributed by atoms with Gasteiger partial charge in [-0.2, -0.15) is 0 Å². The number of nitrogens with one attached hydrogen (secondary N) is 2. The van der Waals surface area contributed by atoms with Gasteiger partial charge in [0.05, 0.1) is 22.3 Å². The molecule has 0 aliphatic carbocycles. The van der Waals surface area contributed by atoms with E-state index in [0.717, 1.165) is 4.31 Å². The van der Waals surface area contributed by atoms with Gasteiger partial charge in [0.25, 0.3) is 5.91 Å².